The second-order valence-corrected chi connectivity index (χ2v) is 4.98. The van der Waals surface area contributed by atoms with E-state index in [0.29, 0.717) is 0 Å². The van der Waals surface area contributed by atoms with E-state index in [-0.39, 0.29) is 23.1 Å². The van der Waals surface area contributed by atoms with Gasteiger partial charge in [-0.2, -0.15) is 0 Å². The molecule has 0 atom stereocenters. The fraction of sp³-hybridized carbons (Fsp3) is 0.800. The van der Waals surface area contributed by atoms with Gasteiger partial charge >= 0.3 is 0 Å². The molecule has 0 aromatic heterocycles. The molecule has 0 aliphatic rings. The van der Waals surface area contributed by atoms with Crippen LogP contribution in [0.4, 0.5) is 0 Å². The zero-order valence-electron chi connectivity index (χ0n) is 9.62. The molecule has 0 bridgehead atoms. The van der Waals surface area contributed by atoms with E-state index in [1.165, 1.54) is 5.57 Å². The van der Waals surface area contributed by atoms with Gasteiger partial charge in [-0.3, -0.25) is 0 Å². The lowest BCUT2D eigenvalue weighted by Crippen LogP contribution is -2.20. The monoisotopic (exact) mass is 174 g/mol. The van der Waals surface area contributed by atoms with Crippen molar-refractivity contribution in [3.8, 4) is 0 Å². The Morgan fingerprint density at radius 3 is 0.917 bits per heavy atom. The van der Waals surface area contributed by atoms with E-state index in [2.05, 4.69) is 48.1 Å². The maximum atomic E-state index is 4.10. The van der Waals surface area contributed by atoms with Gasteiger partial charge in [-0.25, -0.2) is 0 Å². The van der Waals surface area contributed by atoms with Crippen molar-refractivity contribution in [2.24, 2.45) is 10.8 Å². The average molecular weight is 174 g/mol. The third kappa shape index (κ3) is 5.33. The smallest absolute Gasteiger partial charge is 0.0170 e. The summed E-state index contributed by atoms with van der Waals surface area (Å²) < 4.78 is 0. The Balaban J connectivity index is -0.000000405. The van der Waals surface area contributed by atoms with Crippen molar-refractivity contribution in [2.75, 3.05) is 0 Å². The Morgan fingerprint density at radius 2 is 0.917 bits per heavy atom. The van der Waals surface area contributed by atoms with Gasteiger partial charge in [0.1, 0.15) is 0 Å². The van der Waals surface area contributed by atoms with Crippen LogP contribution in [0.2, 0.25) is 0 Å². The van der Waals surface area contributed by atoms with E-state index < -0.39 is 0 Å². The molecular weight excluding hydrogens is 148 g/mol. The first kappa shape index (κ1) is 17.7. The van der Waals surface area contributed by atoms with Gasteiger partial charge in [0.25, 0.3) is 0 Å². The minimum absolute atomic E-state index is 0. The third-order valence-corrected chi connectivity index (χ3v) is 1.81. The minimum Gasteiger partial charge on any atom is -0.344 e. The van der Waals surface area contributed by atoms with Crippen LogP contribution < -0.4 is 12.3 Å². The highest BCUT2D eigenvalue weighted by atomic mass is 14.3. The highest BCUT2D eigenvalue weighted by Gasteiger charge is 2.25. The van der Waals surface area contributed by atoms with E-state index >= 15 is 0 Å². The molecule has 0 radical (unpaired) electrons. The molecular formula is C10H26N2. The predicted octanol–water partition coefficient (Wildman–Crippen LogP) is 3.96. The third-order valence-electron chi connectivity index (χ3n) is 1.81. The van der Waals surface area contributed by atoms with Gasteiger partial charge in [0.05, 0.1) is 0 Å². The molecule has 2 nitrogen and oxygen atoms in total. The van der Waals surface area contributed by atoms with Crippen LogP contribution in [0.15, 0.2) is 12.2 Å². The largest absolute Gasteiger partial charge is 0.344 e. The van der Waals surface area contributed by atoms with Crippen LogP contribution in [0.3, 0.4) is 0 Å². The van der Waals surface area contributed by atoms with Crippen LogP contribution >= 0.6 is 0 Å². The summed E-state index contributed by atoms with van der Waals surface area (Å²) in [4.78, 5) is 0. The van der Waals surface area contributed by atoms with Crippen LogP contribution in [-0.2, 0) is 0 Å². The zero-order chi connectivity index (χ0) is 8.58. The fourth-order valence-corrected chi connectivity index (χ4v) is 1.12. The van der Waals surface area contributed by atoms with Gasteiger partial charge in [0.15, 0.2) is 0 Å². The van der Waals surface area contributed by atoms with Crippen LogP contribution in [0.1, 0.15) is 41.5 Å². The Morgan fingerprint density at radius 1 is 0.750 bits per heavy atom. The number of hydrogen-bond donors (Lipinski definition) is 2. The minimum atomic E-state index is 0. The molecule has 0 saturated carbocycles. The Hall–Kier alpha value is -0.340. The summed E-state index contributed by atoms with van der Waals surface area (Å²) in [5.74, 6) is 0. The standard InChI is InChI=1S/C10H20.2H3N/c1-8(9(2,3)4)10(5,6)7;;/h1H2,2-7H3;2*1H3. The topological polar surface area (TPSA) is 70.0 Å². The number of allylic oxidation sites excluding steroid dienone is 1. The summed E-state index contributed by atoms with van der Waals surface area (Å²) in [6, 6.07) is 0. The zero-order valence-corrected chi connectivity index (χ0v) is 9.62. The van der Waals surface area contributed by atoms with Gasteiger partial charge in [0, 0.05) is 0 Å². The summed E-state index contributed by atoms with van der Waals surface area (Å²) in [5, 5.41) is 0. The van der Waals surface area contributed by atoms with E-state index in [1.54, 1.807) is 0 Å². The van der Waals surface area contributed by atoms with Crippen molar-refractivity contribution in [2.45, 2.75) is 41.5 Å². The summed E-state index contributed by atoms with van der Waals surface area (Å²) in [7, 11) is 0. The molecule has 0 spiro atoms. The molecule has 0 fully saturated rings. The SMILES string of the molecule is C=C(C(C)(C)C)C(C)(C)C.N.N. The van der Waals surface area contributed by atoms with E-state index in [4.69, 9.17) is 0 Å². The molecule has 76 valence electrons. The quantitative estimate of drug-likeness (QED) is 0.546. The summed E-state index contributed by atoms with van der Waals surface area (Å²) in [6.45, 7) is 17.4. The maximum Gasteiger partial charge on any atom is -0.0170 e. The second-order valence-electron chi connectivity index (χ2n) is 4.98. The molecule has 6 N–H and O–H groups in total. The first-order chi connectivity index (χ1) is 4.15. The van der Waals surface area contributed by atoms with Gasteiger partial charge in [-0.05, 0) is 10.8 Å². The number of hydrogen-bond acceptors (Lipinski definition) is 2. The van der Waals surface area contributed by atoms with E-state index in [9.17, 15) is 0 Å². The highest BCUT2D eigenvalue weighted by Crippen LogP contribution is 2.37. The first-order valence-electron chi connectivity index (χ1n) is 3.85. The maximum absolute atomic E-state index is 4.10. The highest BCUT2D eigenvalue weighted by molar-refractivity contribution is 5.13. The normalized spacial score (nSPS) is 11.2. The molecule has 0 aliphatic carbocycles. The lowest BCUT2D eigenvalue weighted by molar-refractivity contribution is 0.364. The molecule has 0 saturated heterocycles. The van der Waals surface area contributed by atoms with E-state index in [0.717, 1.165) is 0 Å². The molecule has 0 rings (SSSR count). The van der Waals surface area contributed by atoms with Gasteiger partial charge in [-0.15, -0.1) is 0 Å². The molecule has 12 heavy (non-hydrogen) atoms. The lowest BCUT2D eigenvalue weighted by atomic mass is 9.73. The van der Waals surface area contributed by atoms with Crippen molar-refractivity contribution >= 4 is 0 Å². The second kappa shape index (κ2) is 4.63. The summed E-state index contributed by atoms with van der Waals surface area (Å²) in [6.07, 6.45) is 0. The fourth-order valence-electron chi connectivity index (χ4n) is 1.12. The molecule has 0 aromatic rings. The van der Waals surface area contributed by atoms with Crippen molar-refractivity contribution in [3.05, 3.63) is 12.2 Å². The molecule has 0 unspecified atom stereocenters. The van der Waals surface area contributed by atoms with Crippen molar-refractivity contribution < 1.29 is 0 Å². The van der Waals surface area contributed by atoms with Gasteiger partial charge < -0.3 is 12.3 Å². The Bertz CT molecular complexity index is 119. The average Bonchev–Trinajstić information content (AvgIpc) is 1.59. The van der Waals surface area contributed by atoms with Crippen LogP contribution in [-0.4, -0.2) is 0 Å². The van der Waals surface area contributed by atoms with Gasteiger partial charge in [0.2, 0.25) is 0 Å². The summed E-state index contributed by atoms with van der Waals surface area (Å²) in [5.41, 5.74) is 1.82. The molecule has 0 aromatic carbocycles. The van der Waals surface area contributed by atoms with Crippen molar-refractivity contribution in [1.29, 1.82) is 0 Å². The van der Waals surface area contributed by atoms with Crippen molar-refractivity contribution in [1.82, 2.24) is 12.3 Å². The predicted molar refractivity (Wildman–Crippen MR) is 58.1 cm³/mol. The first-order valence-corrected chi connectivity index (χ1v) is 3.85. The van der Waals surface area contributed by atoms with Crippen LogP contribution in [0.5, 0.6) is 0 Å². The van der Waals surface area contributed by atoms with Crippen LogP contribution in [0, 0.1) is 10.8 Å². The Labute approximate surface area is 77.6 Å². The lowest BCUT2D eigenvalue weighted by Gasteiger charge is -2.32. The van der Waals surface area contributed by atoms with E-state index in [1.807, 2.05) is 0 Å². The molecule has 0 heterocycles. The molecule has 0 amide bonds. The molecule has 2 heteroatoms. The van der Waals surface area contributed by atoms with Crippen LogP contribution in [0.25, 0.3) is 0 Å². The van der Waals surface area contributed by atoms with Crippen molar-refractivity contribution in [3.63, 3.8) is 0 Å². The Kier molecular flexibility index (Phi) is 6.81. The number of rotatable bonds is 0. The molecule has 0 aliphatic heterocycles. The van der Waals surface area contributed by atoms with Gasteiger partial charge in [-0.1, -0.05) is 53.7 Å². The summed E-state index contributed by atoms with van der Waals surface area (Å²) >= 11 is 0.